The predicted molar refractivity (Wildman–Crippen MR) is 106 cm³/mol. The molecule has 29 heavy (non-hydrogen) atoms. The maximum atomic E-state index is 12.9. The van der Waals surface area contributed by atoms with Crippen molar-refractivity contribution >= 4 is 39.4 Å². The number of aromatic nitrogens is 2. The summed E-state index contributed by atoms with van der Waals surface area (Å²) in [7, 11) is 0. The largest absolute Gasteiger partial charge is 0.480 e. The van der Waals surface area contributed by atoms with Gasteiger partial charge in [0, 0.05) is 16.1 Å². The van der Waals surface area contributed by atoms with Crippen LogP contribution in [0.25, 0.3) is 11.3 Å². The van der Waals surface area contributed by atoms with E-state index < -0.39 is 17.7 Å². The Bertz CT molecular complexity index is 1030. The third-order valence-corrected chi connectivity index (χ3v) is 4.41. The Morgan fingerprint density at radius 1 is 1.07 bits per heavy atom. The highest BCUT2D eigenvalue weighted by Gasteiger charge is 2.30. The minimum atomic E-state index is -4.45. The number of rotatable bonds is 6. The molecule has 0 amide bonds. The summed E-state index contributed by atoms with van der Waals surface area (Å²) in [6.07, 6.45) is -4.45. The lowest BCUT2D eigenvalue weighted by molar-refractivity contribution is -0.137. The molecule has 0 saturated heterocycles. The Morgan fingerprint density at radius 3 is 2.41 bits per heavy atom. The van der Waals surface area contributed by atoms with Gasteiger partial charge in [-0.25, -0.2) is 4.98 Å². The highest BCUT2D eigenvalue weighted by Crippen LogP contribution is 2.35. The van der Waals surface area contributed by atoms with Crippen LogP contribution in [0.2, 0.25) is 0 Å². The fourth-order valence-electron chi connectivity index (χ4n) is 2.43. The van der Waals surface area contributed by atoms with Gasteiger partial charge in [0.1, 0.15) is 12.4 Å². The number of anilines is 3. The van der Waals surface area contributed by atoms with Crippen LogP contribution in [-0.4, -0.2) is 27.6 Å². The molecule has 0 unspecified atom stereocenters. The van der Waals surface area contributed by atoms with Crippen LogP contribution < -0.4 is 10.6 Å². The number of halogens is 4. The monoisotopic (exact) mass is 466 g/mol. The molecule has 0 fully saturated rings. The molecule has 6 nitrogen and oxygen atoms in total. The Labute approximate surface area is 171 Å². The van der Waals surface area contributed by atoms with Gasteiger partial charge in [0.2, 0.25) is 5.95 Å². The number of alkyl halides is 3. The minimum Gasteiger partial charge on any atom is -0.480 e. The second-order valence-electron chi connectivity index (χ2n) is 5.89. The Hall–Kier alpha value is -3.14. The summed E-state index contributed by atoms with van der Waals surface area (Å²) in [6.45, 7) is -0.387. The smallest absolute Gasteiger partial charge is 0.416 e. The van der Waals surface area contributed by atoms with Gasteiger partial charge in [0.15, 0.2) is 0 Å². The molecule has 150 valence electrons. The molecule has 2 aromatic carbocycles. The summed E-state index contributed by atoms with van der Waals surface area (Å²) in [6, 6.07) is 13.9. The fraction of sp³-hybridized carbons (Fsp3) is 0.105. The molecule has 0 radical (unpaired) electrons. The number of nitrogens with one attached hydrogen (secondary N) is 2. The van der Waals surface area contributed by atoms with Crippen LogP contribution in [0.5, 0.6) is 0 Å². The first kappa shape index (κ1) is 20.6. The van der Waals surface area contributed by atoms with Gasteiger partial charge in [-0.2, -0.15) is 18.2 Å². The number of hydrogen-bond donors (Lipinski definition) is 3. The number of aliphatic carboxylic acids is 1. The van der Waals surface area contributed by atoms with E-state index in [1.54, 1.807) is 6.07 Å². The number of carbonyl (C=O) groups is 1. The Morgan fingerprint density at radius 2 is 1.79 bits per heavy atom. The maximum absolute atomic E-state index is 12.9. The zero-order valence-electron chi connectivity index (χ0n) is 14.7. The van der Waals surface area contributed by atoms with Crippen molar-refractivity contribution in [2.24, 2.45) is 0 Å². The molecular weight excluding hydrogens is 453 g/mol. The van der Waals surface area contributed by atoms with Crippen LogP contribution >= 0.6 is 15.9 Å². The van der Waals surface area contributed by atoms with Gasteiger partial charge in [0.25, 0.3) is 0 Å². The number of nitrogens with zero attached hydrogens (tertiary/aromatic N) is 2. The van der Waals surface area contributed by atoms with E-state index in [-0.39, 0.29) is 22.8 Å². The summed E-state index contributed by atoms with van der Waals surface area (Å²) in [5.74, 6) is -0.731. The lowest BCUT2D eigenvalue weighted by Crippen LogP contribution is -2.15. The molecule has 3 aromatic rings. The van der Waals surface area contributed by atoms with E-state index in [0.29, 0.717) is 11.4 Å². The SMILES string of the molecule is O=C(O)CNc1nc(Nc2ccc(C(F)(F)F)cc2Br)cc(-c2ccccc2)n1. The van der Waals surface area contributed by atoms with E-state index in [2.05, 4.69) is 36.5 Å². The van der Waals surface area contributed by atoms with Gasteiger partial charge in [-0.05, 0) is 34.1 Å². The first-order valence-electron chi connectivity index (χ1n) is 8.26. The van der Waals surface area contributed by atoms with Crippen molar-refractivity contribution in [3.63, 3.8) is 0 Å². The lowest BCUT2D eigenvalue weighted by Gasteiger charge is -2.13. The molecule has 0 atom stereocenters. The van der Waals surface area contributed by atoms with Crippen LogP contribution in [0.4, 0.5) is 30.6 Å². The van der Waals surface area contributed by atoms with Crippen molar-refractivity contribution in [3.05, 3.63) is 64.6 Å². The van der Waals surface area contributed by atoms with Crippen molar-refractivity contribution in [1.82, 2.24) is 9.97 Å². The summed E-state index contributed by atoms with van der Waals surface area (Å²) in [4.78, 5) is 19.3. The minimum absolute atomic E-state index is 0.0688. The number of carboxylic acid groups (broad SMARTS) is 1. The summed E-state index contributed by atoms with van der Waals surface area (Å²) in [5, 5.41) is 14.4. The number of benzene rings is 2. The second-order valence-corrected chi connectivity index (χ2v) is 6.75. The third kappa shape index (κ3) is 5.44. The van der Waals surface area contributed by atoms with E-state index in [9.17, 15) is 18.0 Å². The van der Waals surface area contributed by atoms with E-state index in [0.717, 1.165) is 17.7 Å². The summed E-state index contributed by atoms with van der Waals surface area (Å²) < 4.78 is 38.8. The topological polar surface area (TPSA) is 87.1 Å². The van der Waals surface area contributed by atoms with E-state index in [4.69, 9.17) is 5.11 Å². The van der Waals surface area contributed by atoms with Crippen LogP contribution in [0, 0.1) is 0 Å². The molecule has 0 saturated carbocycles. The average Bonchev–Trinajstić information content (AvgIpc) is 2.68. The first-order valence-corrected chi connectivity index (χ1v) is 9.05. The van der Waals surface area contributed by atoms with Crippen molar-refractivity contribution < 1.29 is 23.1 Å². The highest BCUT2D eigenvalue weighted by atomic mass is 79.9. The quantitative estimate of drug-likeness (QED) is 0.464. The lowest BCUT2D eigenvalue weighted by atomic mass is 10.1. The number of hydrogen-bond acceptors (Lipinski definition) is 5. The molecule has 0 aliphatic heterocycles. The van der Waals surface area contributed by atoms with Crippen LogP contribution in [-0.2, 0) is 11.0 Å². The van der Waals surface area contributed by atoms with Crippen LogP contribution in [0.1, 0.15) is 5.56 Å². The first-order chi connectivity index (χ1) is 13.7. The van der Waals surface area contributed by atoms with Crippen molar-refractivity contribution in [2.45, 2.75) is 6.18 Å². The van der Waals surface area contributed by atoms with Gasteiger partial charge in [0.05, 0.1) is 16.9 Å². The van der Waals surface area contributed by atoms with Crippen LogP contribution in [0.3, 0.4) is 0 Å². The normalized spacial score (nSPS) is 11.2. The van der Waals surface area contributed by atoms with E-state index in [1.165, 1.54) is 6.07 Å². The molecule has 0 aliphatic carbocycles. The predicted octanol–water partition coefficient (Wildman–Crippen LogP) is 5.17. The van der Waals surface area contributed by atoms with E-state index >= 15 is 0 Å². The maximum Gasteiger partial charge on any atom is 0.416 e. The van der Waals surface area contributed by atoms with Gasteiger partial charge in [-0.3, -0.25) is 4.79 Å². The van der Waals surface area contributed by atoms with E-state index in [1.807, 2.05) is 30.3 Å². The van der Waals surface area contributed by atoms with Crippen molar-refractivity contribution in [2.75, 3.05) is 17.2 Å². The van der Waals surface area contributed by atoms with Gasteiger partial charge in [-0.1, -0.05) is 30.3 Å². The van der Waals surface area contributed by atoms with Gasteiger partial charge < -0.3 is 15.7 Å². The molecule has 3 rings (SSSR count). The number of carboxylic acids is 1. The molecule has 0 bridgehead atoms. The summed E-state index contributed by atoms with van der Waals surface area (Å²) >= 11 is 3.13. The van der Waals surface area contributed by atoms with Crippen LogP contribution in [0.15, 0.2) is 59.1 Å². The molecule has 0 aliphatic rings. The average molecular weight is 467 g/mol. The zero-order chi connectivity index (χ0) is 21.0. The second kappa shape index (κ2) is 8.48. The van der Waals surface area contributed by atoms with Crippen molar-refractivity contribution in [1.29, 1.82) is 0 Å². The third-order valence-electron chi connectivity index (χ3n) is 3.75. The Kier molecular flexibility index (Phi) is 6.02. The Balaban J connectivity index is 1.95. The van der Waals surface area contributed by atoms with Gasteiger partial charge >= 0.3 is 12.1 Å². The van der Waals surface area contributed by atoms with Crippen molar-refractivity contribution in [3.8, 4) is 11.3 Å². The summed E-state index contributed by atoms with van der Waals surface area (Å²) in [5.41, 5.74) is 0.855. The highest BCUT2D eigenvalue weighted by molar-refractivity contribution is 9.10. The molecule has 0 spiro atoms. The molecule has 1 heterocycles. The zero-order valence-corrected chi connectivity index (χ0v) is 16.3. The molecular formula is C19H14BrF3N4O2. The molecule has 10 heteroatoms. The molecule has 1 aromatic heterocycles. The fourth-order valence-corrected chi connectivity index (χ4v) is 2.91. The standard InChI is InChI=1S/C19H14BrF3N4O2/c20-13-8-12(19(21,22)23)6-7-14(13)25-16-9-15(11-4-2-1-3-5-11)26-18(27-16)24-10-17(28)29/h1-9H,10H2,(H,28,29)(H2,24,25,26,27). The molecule has 3 N–H and O–H groups in total. The van der Waals surface area contributed by atoms with Gasteiger partial charge in [-0.15, -0.1) is 0 Å².